The van der Waals surface area contributed by atoms with Crippen molar-refractivity contribution in [3.8, 4) is 0 Å². The number of likely N-dealkylation sites (N-methyl/N-ethyl adjacent to an activating group) is 1. The van der Waals surface area contributed by atoms with Gasteiger partial charge in [0.15, 0.2) is 0 Å². The number of para-hydroxylation sites is 1. The molecule has 1 N–H and O–H groups in total. The Kier molecular flexibility index (Phi) is 6.36. The van der Waals surface area contributed by atoms with Gasteiger partial charge in [0.05, 0.1) is 6.26 Å². The third-order valence-electron chi connectivity index (χ3n) is 5.14. The molecule has 1 aliphatic rings. The van der Waals surface area contributed by atoms with E-state index in [0.717, 1.165) is 36.5 Å². The molecule has 1 aliphatic heterocycles. The number of rotatable bonds is 8. The molecule has 0 aliphatic carbocycles. The summed E-state index contributed by atoms with van der Waals surface area (Å²) >= 11 is 0. The van der Waals surface area contributed by atoms with Crippen molar-refractivity contribution in [2.24, 2.45) is 0 Å². The minimum absolute atomic E-state index is 0.305. The molecule has 0 spiro atoms. The number of benzene rings is 2. The van der Waals surface area contributed by atoms with Gasteiger partial charge in [0.25, 0.3) is 0 Å². The fraction of sp³-hybridized carbons (Fsp3) is 0.381. The van der Waals surface area contributed by atoms with Crippen LogP contribution in [0.1, 0.15) is 23.6 Å². The van der Waals surface area contributed by atoms with Crippen LogP contribution in [0.3, 0.4) is 0 Å². The predicted octanol–water partition coefficient (Wildman–Crippen LogP) is 2.19. The van der Waals surface area contributed by atoms with Crippen molar-refractivity contribution in [2.45, 2.75) is 18.9 Å². The second-order valence-corrected chi connectivity index (χ2v) is 9.14. The molecular formula is C21H27N3O3S. The van der Waals surface area contributed by atoms with Crippen LogP contribution in [-0.4, -0.2) is 51.6 Å². The summed E-state index contributed by atoms with van der Waals surface area (Å²) in [4.78, 5) is 15.1. The van der Waals surface area contributed by atoms with Gasteiger partial charge in [-0.2, -0.15) is 4.31 Å². The Morgan fingerprint density at radius 3 is 2.54 bits per heavy atom. The number of nitrogens with one attached hydrogen (secondary N) is 1. The van der Waals surface area contributed by atoms with Gasteiger partial charge < -0.3 is 10.2 Å². The molecule has 7 heteroatoms. The van der Waals surface area contributed by atoms with Crippen molar-refractivity contribution >= 4 is 21.6 Å². The number of carbonyl (C=O) groups is 1. The summed E-state index contributed by atoms with van der Waals surface area (Å²) in [6, 6.07) is 16.5. The quantitative estimate of drug-likeness (QED) is 0.689. The smallest absolute Gasteiger partial charge is 0.242 e. The highest BCUT2D eigenvalue weighted by Crippen LogP contribution is 2.27. The predicted molar refractivity (Wildman–Crippen MR) is 112 cm³/mol. The first-order valence-electron chi connectivity index (χ1n) is 9.46. The van der Waals surface area contributed by atoms with E-state index in [0.29, 0.717) is 12.1 Å². The molecule has 2 aromatic rings. The van der Waals surface area contributed by atoms with Crippen molar-refractivity contribution in [3.63, 3.8) is 0 Å². The molecule has 1 atom stereocenters. The van der Waals surface area contributed by atoms with Crippen LogP contribution in [0.4, 0.5) is 5.69 Å². The molecule has 0 bridgehead atoms. The van der Waals surface area contributed by atoms with Gasteiger partial charge in [-0.3, -0.25) is 4.79 Å². The van der Waals surface area contributed by atoms with Crippen molar-refractivity contribution in [3.05, 3.63) is 65.7 Å². The van der Waals surface area contributed by atoms with Crippen LogP contribution in [0.25, 0.3) is 0 Å². The first-order chi connectivity index (χ1) is 13.4. The number of hydrogen-bond donors (Lipinski definition) is 1. The summed E-state index contributed by atoms with van der Waals surface area (Å²) < 4.78 is 25.1. The first kappa shape index (κ1) is 20.4. The highest BCUT2D eigenvalue weighted by Gasteiger charge is 2.30. The largest absolute Gasteiger partial charge is 0.371 e. The van der Waals surface area contributed by atoms with Crippen molar-refractivity contribution in [1.29, 1.82) is 0 Å². The summed E-state index contributed by atoms with van der Waals surface area (Å²) in [6.45, 7) is 2.35. The van der Waals surface area contributed by atoms with Gasteiger partial charge in [-0.1, -0.05) is 48.5 Å². The molecule has 28 heavy (non-hydrogen) atoms. The zero-order valence-electron chi connectivity index (χ0n) is 16.3. The van der Waals surface area contributed by atoms with Crippen LogP contribution in [-0.2, 0) is 21.2 Å². The number of carbonyl (C=O) groups excluding carboxylic acids is 1. The van der Waals surface area contributed by atoms with Gasteiger partial charge in [0.2, 0.25) is 15.9 Å². The van der Waals surface area contributed by atoms with E-state index in [1.54, 1.807) is 24.3 Å². The zero-order valence-corrected chi connectivity index (χ0v) is 17.2. The second kappa shape index (κ2) is 8.75. The Morgan fingerprint density at radius 2 is 1.82 bits per heavy atom. The standard InChI is InChI=1S/C21H27N3O3S/c1-23(28(2,26)27)20(18-10-4-3-5-11-18)21(25)22-14-8-15-24-16-13-17-9-6-7-12-19(17)24/h3-7,9-12,20H,8,13-16H2,1-2H3,(H,22,25). The Morgan fingerprint density at radius 1 is 1.14 bits per heavy atom. The monoisotopic (exact) mass is 401 g/mol. The number of anilines is 1. The van der Waals surface area contributed by atoms with Gasteiger partial charge in [0.1, 0.15) is 6.04 Å². The first-order valence-corrected chi connectivity index (χ1v) is 11.3. The van der Waals surface area contributed by atoms with E-state index in [9.17, 15) is 13.2 Å². The van der Waals surface area contributed by atoms with Gasteiger partial charge in [0, 0.05) is 32.4 Å². The molecule has 0 radical (unpaired) electrons. The number of nitrogens with zero attached hydrogens (tertiary/aromatic N) is 2. The highest BCUT2D eigenvalue weighted by atomic mass is 32.2. The summed E-state index contributed by atoms with van der Waals surface area (Å²) in [5, 5.41) is 2.91. The lowest BCUT2D eigenvalue weighted by Gasteiger charge is -2.26. The molecular weight excluding hydrogens is 374 g/mol. The summed E-state index contributed by atoms with van der Waals surface area (Å²) in [5.41, 5.74) is 3.29. The molecule has 1 heterocycles. The molecule has 3 rings (SSSR count). The highest BCUT2D eigenvalue weighted by molar-refractivity contribution is 7.88. The molecule has 2 aromatic carbocycles. The summed E-state index contributed by atoms with van der Waals surface area (Å²) in [5.74, 6) is -0.305. The van der Waals surface area contributed by atoms with Crippen LogP contribution < -0.4 is 10.2 Å². The van der Waals surface area contributed by atoms with Crippen LogP contribution in [0.5, 0.6) is 0 Å². The van der Waals surface area contributed by atoms with E-state index < -0.39 is 16.1 Å². The molecule has 0 aromatic heterocycles. The third-order valence-corrected chi connectivity index (χ3v) is 6.39. The zero-order chi connectivity index (χ0) is 20.1. The number of fused-ring (bicyclic) bond motifs is 1. The van der Waals surface area contributed by atoms with Crippen LogP contribution >= 0.6 is 0 Å². The van der Waals surface area contributed by atoms with E-state index in [4.69, 9.17) is 0 Å². The molecule has 0 saturated carbocycles. The number of sulfonamides is 1. The van der Waals surface area contributed by atoms with Gasteiger partial charge in [-0.15, -0.1) is 0 Å². The topological polar surface area (TPSA) is 69.7 Å². The summed E-state index contributed by atoms with van der Waals surface area (Å²) in [7, 11) is -2.07. The molecule has 1 unspecified atom stereocenters. The SMILES string of the molecule is CN(C(C(=O)NCCCN1CCc2ccccc21)c1ccccc1)S(C)(=O)=O. The molecule has 0 saturated heterocycles. The lowest BCUT2D eigenvalue weighted by molar-refractivity contribution is -0.124. The Balaban J connectivity index is 1.59. The molecule has 6 nitrogen and oxygen atoms in total. The number of hydrogen-bond acceptors (Lipinski definition) is 4. The molecule has 1 amide bonds. The van der Waals surface area contributed by atoms with Crippen molar-refractivity contribution < 1.29 is 13.2 Å². The average molecular weight is 402 g/mol. The number of amides is 1. The maximum Gasteiger partial charge on any atom is 0.242 e. The van der Waals surface area contributed by atoms with Crippen LogP contribution in [0.2, 0.25) is 0 Å². The van der Waals surface area contributed by atoms with Crippen LogP contribution in [0.15, 0.2) is 54.6 Å². The van der Waals surface area contributed by atoms with E-state index in [1.807, 2.05) is 12.1 Å². The van der Waals surface area contributed by atoms with E-state index >= 15 is 0 Å². The molecule has 0 fully saturated rings. The van der Waals surface area contributed by atoms with Gasteiger partial charge in [-0.05, 0) is 30.0 Å². The minimum Gasteiger partial charge on any atom is -0.371 e. The fourth-order valence-electron chi connectivity index (χ4n) is 3.57. The maximum absolute atomic E-state index is 12.8. The van der Waals surface area contributed by atoms with E-state index in [1.165, 1.54) is 18.3 Å². The normalized spacial score (nSPS) is 14.8. The summed E-state index contributed by atoms with van der Waals surface area (Å²) in [6.07, 6.45) is 2.96. The van der Waals surface area contributed by atoms with Crippen LogP contribution in [0, 0.1) is 0 Å². The van der Waals surface area contributed by atoms with Gasteiger partial charge in [-0.25, -0.2) is 8.42 Å². The van der Waals surface area contributed by atoms with Crippen molar-refractivity contribution in [2.75, 3.05) is 37.8 Å². The Labute approximate surface area is 167 Å². The lowest BCUT2D eigenvalue weighted by Crippen LogP contribution is -2.41. The average Bonchev–Trinajstić information content (AvgIpc) is 3.09. The maximum atomic E-state index is 12.8. The van der Waals surface area contributed by atoms with E-state index in [-0.39, 0.29) is 5.91 Å². The second-order valence-electron chi connectivity index (χ2n) is 7.10. The van der Waals surface area contributed by atoms with Gasteiger partial charge >= 0.3 is 0 Å². The minimum atomic E-state index is -3.51. The van der Waals surface area contributed by atoms with E-state index in [2.05, 4.69) is 28.4 Å². The third kappa shape index (κ3) is 4.72. The molecule has 150 valence electrons. The fourth-order valence-corrected chi connectivity index (χ4v) is 4.17. The Bertz CT molecular complexity index is 916. The lowest BCUT2D eigenvalue weighted by atomic mass is 10.1. The van der Waals surface area contributed by atoms with Crippen molar-refractivity contribution in [1.82, 2.24) is 9.62 Å². The Hall–Kier alpha value is -2.38.